The topological polar surface area (TPSA) is 18.5 Å². The molecule has 0 radical (unpaired) electrons. The number of hydrogen-bond acceptors (Lipinski definition) is 2. The maximum absolute atomic E-state index is 6.26. The molecule has 40 heavy (non-hydrogen) atoms. The Morgan fingerprint density at radius 1 is 0.425 bits per heavy atom. The molecule has 5 rings (SSSR count). The molecule has 2 spiro atoms. The van der Waals surface area contributed by atoms with Gasteiger partial charge in [0.2, 0.25) is 0 Å². The molecule has 0 bridgehead atoms. The maximum atomic E-state index is 6.26. The summed E-state index contributed by atoms with van der Waals surface area (Å²) in [6.07, 6.45) is 38.7. The molecule has 0 amide bonds. The average Bonchev–Trinajstić information content (AvgIpc) is 2.98. The monoisotopic (exact) mass is 557 g/mol. The molecule has 0 saturated heterocycles. The Morgan fingerprint density at radius 3 is 1.12 bits per heavy atom. The van der Waals surface area contributed by atoms with Crippen molar-refractivity contribution in [2.45, 2.75) is 193 Å². The standard InChI is InChI=1S/C38H68O2/c1-3-5-7-9-27-39-35-15-11-31(12-16-35)33-19-23-37(24-20-33)29-38(30-37)25-21-34(22-26-38)32-13-17-36(18-14-32)40-28-10-8-6-4-2/h31-36H,3-30H2,1-2H3/t31-,32-,33?,34?,35-,36-,37?,38?. The highest BCUT2D eigenvalue weighted by atomic mass is 16.5. The van der Waals surface area contributed by atoms with Crippen LogP contribution in [0.3, 0.4) is 0 Å². The number of unbranched alkanes of at least 4 members (excludes halogenated alkanes) is 6. The molecular weight excluding hydrogens is 488 g/mol. The predicted molar refractivity (Wildman–Crippen MR) is 170 cm³/mol. The summed E-state index contributed by atoms with van der Waals surface area (Å²) >= 11 is 0. The van der Waals surface area contributed by atoms with Crippen LogP contribution in [-0.4, -0.2) is 25.4 Å². The normalized spacial score (nSPS) is 40.4. The van der Waals surface area contributed by atoms with Crippen LogP contribution in [0.4, 0.5) is 0 Å². The zero-order valence-corrected chi connectivity index (χ0v) is 27.1. The first-order valence-corrected chi connectivity index (χ1v) is 18.9. The van der Waals surface area contributed by atoms with E-state index in [0.717, 1.165) is 47.7 Å². The largest absolute Gasteiger partial charge is 0.378 e. The van der Waals surface area contributed by atoms with Crippen molar-refractivity contribution in [1.29, 1.82) is 0 Å². The Kier molecular flexibility index (Phi) is 12.2. The van der Waals surface area contributed by atoms with E-state index in [1.807, 2.05) is 0 Å². The van der Waals surface area contributed by atoms with Gasteiger partial charge in [-0.3, -0.25) is 0 Å². The Hall–Kier alpha value is -0.0800. The van der Waals surface area contributed by atoms with E-state index in [1.165, 1.54) is 103 Å². The first-order valence-electron chi connectivity index (χ1n) is 18.9. The van der Waals surface area contributed by atoms with Crippen molar-refractivity contribution in [1.82, 2.24) is 0 Å². The van der Waals surface area contributed by atoms with E-state index in [9.17, 15) is 0 Å². The van der Waals surface area contributed by atoms with Gasteiger partial charge in [-0.2, -0.15) is 0 Å². The molecule has 5 aliphatic carbocycles. The van der Waals surface area contributed by atoms with Crippen LogP contribution in [0.1, 0.15) is 181 Å². The smallest absolute Gasteiger partial charge is 0.0575 e. The van der Waals surface area contributed by atoms with Gasteiger partial charge in [-0.05, 0) is 163 Å². The van der Waals surface area contributed by atoms with Crippen LogP contribution in [0.2, 0.25) is 0 Å². The van der Waals surface area contributed by atoms with Crippen LogP contribution >= 0.6 is 0 Å². The minimum absolute atomic E-state index is 0.582. The van der Waals surface area contributed by atoms with Gasteiger partial charge in [-0.25, -0.2) is 0 Å². The molecule has 2 heteroatoms. The molecule has 0 aromatic heterocycles. The van der Waals surface area contributed by atoms with Crippen molar-refractivity contribution >= 4 is 0 Å². The van der Waals surface area contributed by atoms with E-state index in [2.05, 4.69) is 13.8 Å². The average molecular weight is 557 g/mol. The van der Waals surface area contributed by atoms with E-state index < -0.39 is 0 Å². The minimum atomic E-state index is 0.582. The van der Waals surface area contributed by atoms with Gasteiger partial charge in [0.1, 0.15) is 0 Å². The second-order valence-electron chi connectivity index (χ2n) is 16.0. The molecule has 5 fully saturated rings. The van der Waals surface area contributed by atoms with Gasteiger partial charge in [0.15, 0.2) is 0 Å². The summed E-state index contributed by atoms with van der Waals surface area (Å²) in [5.41, 5.74) is 1.54. The first-order chi connectivity index (χ1) is 19.6. The van der Waals surface area contributed by atoms with Gasteiger partial charge in [0.05, 0.1) is 12.2 Å². The number of rotatable bonds is 14. The third-order valence-corrected chi connectivity index (χ3v) is 13.2. The lowest BCUT2D eigenvalue weighted by Gasteiger charge is -2.62. The molecule has 0 aromatic carbocycles. The summed E-state index contributed by atoms with van der Waals surface area (Å²) in [6, 6.07) is 0. The second kappa shape index (κ2) is 15.6. The van der Waals surface area contributed by atoms with Crippen LogP contribution in [0.5, 0.6) is 0 Å². The van der Waals surface area contributed by atoms with E-state index in [0.29, 0.717) is 12.2 Å². The SMILES string of the molecule is CCCCCCO[C@H]1CC[C@H](C2CCC3(CC2)CC2(CCC([C@H]4CC[C@H](OCCCCCC)CC4)CC2)C3)CC1. The van der Waals surface area contributed by atoms with Crippen molar-refractivity contribution in [2.24, 2.45) is 34.5 Å². The Labute approximate surface area is 249 Å². The molecule has 232 valence electrons. The van der Waals surface area contributed by atoms with Gasteiger partial charge in [0, 0.05) is 13.2 Å². The van der Waals surface area contributed by atoms with Crippen molar-refractivity contribution in [3.05, 3.63) is 0 Å². The van der Waals surface area contributed by atoms with Gasteiger partial charge in [-0.15, -0.1) is 0 Å². The summed E-state index contributed by atoms with van der Waals surface area (Å²) in [4.78, 5) is 0. The summed E-state index contributed by atoms with van der Waals surface area (Å²) in [6.45, 7) is 6.61. The molecule has 5 saturated carbocycles. The minimum Gasteiger partial charge on any atom is -0.378 e. The van der Waals surface area contributed by atoms with Gasteiger partial charge in [0.25, 0.3) is 0 Å². The summed E-state index contributed by atoms with van der Waals surface area (Å²) < 4.78 is 12.5. The lowest BCUT2D eigenvalue weighted by Crippen LogP contribution is -2.50. The number of hydrogen-bond donors (Lipinski definition) is 0. The zero-order chi connectivity index (χ0) is 27.7. The van der Waals surface area contributed by atoms with Gasteiger partial charge < -0.3 is 9.47 Å². The van der Waals surface area contributed by atoms with E-state index >= 15 is 0 Å². The summed E-state index contributed by atoms with van der Waals surface area (Å²) in [7, 11) is 0. The van der Waals surface area contributed by atoms with Crippen LogP contribution in [0.15, 0.2) is 0 Å². The van der Waals surface area contributed by atoms with Crippen molar-refractivity contribution in [3.8, 4) is 0 Å². The zero-order valence-electron chi connectivity index (χ0n) is 27.1. The van der Waals surface area contributed by atoms with E-state index in [4.69, 9.17) is 9.47 Å². The second-order valence-corrected chi connectivity index (χ2v) is 16.0. The van der Waals surface area contributed by atoms with E-state index in [-0.39, 0.29) is 0 Å². The highest BCUT2D eigenvalue weighted by molar-refractivity contribution is 5.07. The molecule has 0 atom stereocenters. The third kappa shape index (κ3) is 8.51. The van der Waals surface area contributed by atoms with Crippen LogP contribution < -0.4 is 0 Å². The lowest BCUT2D eigenvalue weighted by molar-refractivity contribution is -0.111. The van der Waals surface area contributed by atoms with Crippen molar-refractivity contribution < 1.29 is 9.47 Å². The fraction of sp³-hybridized carbons (Fsp3) is 1.00. The van der Waals surface area contributed by atoms with Gasteiger partial charge >= 0.3 is 0 Å². The molecule has 5 aliphatic rings. The molecular formula is C38H68O2. The van der Waals surface area contributed by atoms with E-state index in [1.54, 1.807) is 64.2 Å². The molecule has 0 unspecified atom stereocenters. The lowest BCUT2D eigenvalue weighted by atomic mass is 9.43. The first kappa shape index (κ1) is 31.3. The van der Waals surface area contributed by atoms with Crippen LogP contribution in [0, 0.1) is 34.5 Å². The Morgan fingerprint density at radius 2 is 0.775 bits per heavy atom. The van der Waals surface area contributed by atoms with Gasteiger partial charge in [-0.1, -0.05) is 52.4 Å². The summed E-state index contributed by atoms with van der Waals surface area (Å²) in [5.74, 6) is 4.12. The predicted octanol–water partition coefficient (Wildman–Crippen LogP) is 11.4. The number of ether oxygens (including phenoxy) is 2. The molecule has 0 aliphatic heterocycles. The van der Waals surface area contributed by atoms with Crippen LogP contribution in [-0.2, 0) is 9.47 Å². The fourth-order valence-corrected chi connectivity index (χ4v) is 10.7. The fourth-order valence-electron chi connectivity index (χ4n) is 10.7. The third-order valence-electron chi connectivity index (χ3n) is 13.2. The molecule has 0 aromatic rings. The highest BCUT2D eigenvalue weighted by Gasteiger charge is 2.56. The summed E-state index contributed by atoms with van der Waals surface area (Å²) in [5, 5.41) is 0. The van der Waals surface area contributed by atoms with Crippen molar-refractivity contribution in [2.75, 3.05) is 13.2 Å². The highest BCUT2D eigenvalue weighted by Crippen LogP contribution is 2.67. The Bertz CT molecular complexity index is 616. The maximum Gasteiger partial charge on any atom is 0.0575 e. The van der Waals surface area contributed by atoms with Crippen molar-refractivity contribution in [3.63, 3.8) is 0 Å². The Balaban J connectivity index is 0.930. The molecule has 0 heterocycles. The molecule has 2 nitrogen and oxygen atoms in total. The quantitative estimate of drug-likeness (QED) is 0.198. The molecule has 0 N–H and O–H groups in total. The van der Waals surface area contributed by atoms with Crippen LogP contribution in [0.25, 0.3) is 0 Å².